The number of hydrogen-bond acceptors (Lipinski definition) is 5. The average Bonchev–Trinajstić information content (AvgIpc) is 3.25. The first-order valence-corrected chi connectivity index (χ1v) is 10.8. The summed E-state index contributed by atoms with van der Waals surface area (Å²) in [5, 5.41) is 3.41. The van der Waals surface area contributed by atoms with Gasteiger partial charge >= 0.3 is 0 Å². The van der Waals surface area contributed by atoms with Crippen LogP contribution in [0.2, 0.25) is 0 Å². The molecule has 2 heterocycles. The van der Waals surface area contributed by atoms with Crippen molar-refractivity contribution in [3.05, 3.63) is 29.8 Å². The minimum atomic E-state index is 0. The van der Waals surface area contributed by atoms with Crippen molar-refractivity contribution in [2.45, 2.75) is 19.9 Å². The second-order valence-corrected chi connectivity index (χ2v) is 7.69. The van der Waals surface area contributed by atoms with Crippen molar-refractivity contribution >= 4 is 29.9 Å². The van der Waals surface area contributed by atoms with E-state index in [4.69, 9.17) is 19.2 Å². The summed E-state index contributed by atoms with van der Waals surface area (Å²) in [5.74, 6) is 2.44. The second-order valence-electron chi connectivity index (χ2n) is 7.69. The molecule has 0 bridgehead atoms. The third-order valence-electron chi connectivity index (χ3n) is 5.39. The molecule has 0 radical (unpaired) electrons. The summed E-state index contributed by atoms with van der Waals surface area (Å²) < 4.78 is 17.0. The molecular formula is C22H37IN4O3. The van der Waals surface area contributed by atoms with Crippen LogP contribution in [0.3, 0.4) is 0 Å². The minimum absolute atomic E-state index is 0. The predicted molar refractivity (Wildman–Crippen MR) is 131 cm³/mol. The predicted octanol–water partition coefficient (Wildman–Crippen LogP) is 2.45. The maximum Gasteiger partial charge on any atom is 0.193 e. The van der Waals surface area contributed by atoms with E-state index in [-0.39, 0.29) is 24.0 Å². The number of aliphatic imine (C=N–C) groups is 1. The third kappa shape index (κ3) is 8.20. The van der Waals surface area contributed by atoms with Gasteiger partial charge in [-0.3, -0.25) is 4.90 Å². The van der Waals surface area contributed by atoms with E-state index in [1.165, 1.54) is 0 Å². The summed E-state index contributed by atoms with van der Waals surface area (Å²) in [7, 11) is 2.10. The largest absolute Gasteiger partial charge is 0.492 e. The highest BCUT2D eigenvalue weighted by atomic mass is 127. The van der Waals surface area contributed by atoms with Gasteiger partial charge in [0.1, 0.15) is 12.4 Å². The van der Waals surface area contributed by atoms with Crippen molar-refractivity contribution < 1.29 is 14.2 Å². The molecule has 3 rings (SSSR count). The van der Waals surface area contributed by atoms with E-state index in [0.717, 1.165) is 82.8 Å². The number of benzene rings is 1. The van der Waals surface area contributed by atoms with E-state index >= 15 is 0 Å². The van der Waals surface area contributed by atoms with Crippen molar-refractivity contribution in [2.75, 3.05) is 72.8 Å². The Hall–Kier alpha value is -1.10. The Morgan fingerprint density at radius 1 is 1.23 bits per heavy atom. The monoisotopic (exact) mass is 532 g/mol. The van der Waals surface area contributed by atoms with Crippen LogP contribution in [0.4, 0.5) is 0 Å². The van der Waals surface area contributed by atoms with Crippen LogP contribution in [0.15, 0.2) is 29.3 Å². The van der Waals surface area contributed by atoms with Crippen LogP contribution in [-0.4, -0.2) is 88.6 Å². The quantitative estimate of drug-likeness (QED) is 0.300. The van der Waals surface area contributed by atoms with Crippen LogP contribution in [0.1, 0.15) is 18.9 Å². The lowest BCUT2D eigenvalue weighted by Gasteiger charge is -2.26. The number of nitrogens with zero attached hydrogens (tertiary/aromatic N) is 3. The van der Waals surface area contributed by atoms with Crippen molar-refractivity contribution in [3.8, 4) is 5.75 Å². The van der Waals surface area contributed by atoms with Gasteiger partial charge in [0.25, 0.3) is 0 Å². The van der Waals surface area contributed by atoms with Gasteiger partial charge in [-0.1, -0.05) is 18.2 Å². The molecule has 1 unspecified atom stereocenters. The third-order valence-corrected chi connectivity index (χ3v) is 5.39. The Labute approximate surface area is 198 Å². The fraction of sp³-hybridized carbons (Fsp3) is 0.682. The molecule has 1 aromatic rings. The summed E-state index contributed by atoms with van der Waals surface area (Å²) in [6.07, 6.45) is 1.13. The maximum absolute atomic E-state index is 6.10. The number of morpholine rings is 1. The van der Waals surface area contributed by atoms with Gasteiger partial charge in [-0.2, -0.15) is 0 Å². The van der Waals surface area contributed by atoms with Gasteiger partial charge in [0.05, 0.1) is 26.4 Å². The van der Waals surface area contributed by atoms with Crippen LogP contribution >= 0.6 is 24.0 Å². The molecule has 2 aliphatic rings. The number of halogens is 1. The number of nitrogens with one attached hydrogen (secondary N) is 1. The Morgan fingerprint density at radius 3 is 2.77 bits per heavy atom. The molecule has 1 aromatic carbocycles. The van der Waals surface area contributed by atoms with Gasteiger partial charge in [-0.15, -0.1) is 24.0 Å². The first-order valence-electron chi connectivity index (χ1n) is 10.8. The number of para-hydroxylation sites is 1. The van der Waals surface area contributed by atoms with Crippen LogP contribution in [0, 0.1) is 5.92 Å². The molecule has 2 fully saturated rings. The van der Waals surface area contributed by atoms with E-state index in [9.17, 15) is 0 Å². The molecule has 1 N–H and O–H groups in total. The topological polar surface area (TPSA) is 58.6 Å². The average molecular weight is 532 g/mol. The van der Waals surface area contributed by atoms with Crippen LogP contribution < -0.4 is 10.1 Å². The second kappa shape index (κ2) is 14.1. The molecule has 8 heteroatoms. The van der Waals surface area contributed by atoms with Gasteiger partial charge in [-0.05, 0) is 19.4 Å². The Bertz CT molecular complexity index is 635. The molecular weight excluding hydrogens is 495 g/mol. The van der Waals surface area contributed by atoms with Crippen LogP contribution in [0.5, 0.6) is 5.75 Å². The van der Waals surface area contributed by atoms with Gasteiger partial charge < -0.3 is 24.4 Å². The molecule has 2 aliphatic heterocycles. The highest BCUT2D eigenvalue weighted by Crippen LogP contribution is 2.19. The Morgan fingerprint density at radius 2 is 2.03 bits per heavy atom. The zero-order valence-electron chi connectivity index (χ0n) is 18.3. The maximum atomic E-state index is 6.10. The molecule has 0 aliphatic carbocycles. The molecule has 7 nitrogen and oxygen atoms in total. The minimum Gasteiger partial charge on any atom is -0.492 e. The standard InChI is InChI=1S/C22H36N4O3.HI/c1-3-23-22(25(2)17-19-8-12-28-18-19)24-16-20-6-4-5-7-21(20)29-15-11-26-9-13-27-14-10-26;/h4-7,19H,3,8-18H2,1-2H3,(H,23,24);1H. The fourth-order valence-corrected chi connectivity index (χ4v) is 3.72. The Kier molecular flexibility index (Phi) is 11.8. The molecule has 1 atom stereocenters. The van der Waals surface area contributed by atoms with Gasteiger partial charge in [0, 0.05) is 57.9 Å². The summed E-state index contributed by atoms with van der Waals surface area (Å²) >= 11 is 0. The van der Waals surface area contributed by atoms with E-state index < -0.39 is 0 Å². The lowest BCUT2D eigenvalue weighted by molar-refractivity contribution is 0.0322. The van der Waals surface area contributed by atoms with Gasteiger partial charge in [-0.25, -0.2) is 4.99 Å². The molecule has 0 spiro atoms. The molecule has 30 heavy (non-hydrogen) atoms. The lowest BCUT2D eigenvalue weighted by atomic mass is 10.1. The molecule has 0 saturated carbocycles. The summed E-state index contributed by atoms with van der Waals surface area (Å²) in [4.78, 5) is 9.47. The van der Waals surface area contributed by atoms with E-state index in [2.05, 4.69) is 35.2 Å². The van der Waals surface area contributed by atoms with Crippen molar-refractivity contribution in [3.63, 3.8) is 0 Å². The zero-order chi connectivity index (χ0) is 20.3. The normalized spacial score (nSPS) is 19.9. The van der Waals surface area contributed by atoms with E-state index in [1.54, 1.807) is 0 Å². The first kappa shape index (κ1) is 25.2. The highest BCUT2D eigenvalue weighted by molar-refractivity contribution is 14.0. The molecule has 2 saturated heterocycles. The highest BCUT2D eigenvalue weighted by Gasteiger charge is 2.19. The summed E-state index contributed by atoms with van der Waals surface area (Å²) in [6.45, 7) is 11.5. The molecule has 0 aromatic heterocycles. The number of guanidine groups is 1. The van der Waals surface area contributed by atoms with Gasteiger partial charge in [0.15, 0.2) is 5.96 Å². The SMILES string of the molecule is CCNC(=NCc1ccccc1OCCN1CCOCC1)N(C)CC1CCOC1.I. The number of ether oxygens (including phenoxy) is 3. The summed E-state index contributed by atoms with van der Waals surface area (Å²) in [6, 6.07) is 8.21. The Balaban J connectivity index is 0.00000320. The smallest absolute Gasteiger partial charge is 0.193 e. The van der Waals surface area contributed by atoms with Gasteiger partial charge in [0.2, 0.25) is 0 Å². The summed E-state index contributed by atoms with van der Waals surface area (Å²) in [5.41, 5.74) is 1.11. The molecule has 0 amide bonds. The molecule has 170 valence electrons. The van der Waals surface area contributed by atoms with E-state index in [0.29, 0.717) is 19.1 Å². The first-order chi connectivity index (χ1) is 14.3. The van der Waals surface area contributed by atoms with Crippen molar-refractivity contribution in [1.82, 2.24) is 15.1 Å². The van der Waals surface area contributed by atoms with Crippen LogP contribution in [-0.2, 0) is 16.0 Å². The zero-order valence-corrected chi connectivity index (χ0v) is 20.7. The van der Waals surface area contributed by atoms with Crippen molar-refractivity contribution in [1.29, 1.82) is 0 Å². The number of rotatable bonds is 9. The van der Waals surface area contributed by atoms with Crippen molar-refractivity contribution in [2.24, 2.45) is 10.9 Å². The number of hydrogen-bond donors (Lipinski definition) is 1. The fourth-order valence-electron chi connectivity index (χ4n) is 3.72. The van der Waals surface area contributed by atoms with Crippen LogP contribution in [0.25, 0.3) is 0 Å². The lowest BCUT2D eigenvalue weighted by Crippen LogP contribution is -2.41. The van der Waals surface area contributed by atoms with E-state index in [1.807, 2.05) is 18.2 Å².